The third kappa shape index (κ3) is 3.60. The fourth-order valence-electron chi connectivity index (χ4n) is 5.33. The Morgan fingerprint density at radius 3 is 2.71 bits per heavy atom. The van der Waals surface area contributed by atoms with Crippen molar-refractivity contribution >= 4 is 17.4 Å². The van der Waals surface area contributed by atoms with Crippen LogP contribution in [0, 0.1) is 5.92 Å². The van der Waals surface area contributed by atoms with Crippen molar-refractivity contribution < 1.29 is 18.0 Å². The number of nitrogens with zero attached hydrogens (tertiary/aromatic N) is 5. The molecule has 5 heterocycles. The first-order chi connectivity index (χ1) is 16.4. The first-order valence-corrected chi connectivity index (χ1v) is 11.7. The van der Waals surface area contributed by atoms with Gasteiger partial charge in [-0.3, -0.25) is 4.79 Å². The van der Waals surface area contributed by atoms with E-state index in [1.54, 1.807) is 17.2 Å². The monoisotopic (exact) mass is 470 g/mol. The molecule has 2 aromatic heterocycles. The van der Waals surface area contributed by atoms with Gasteiger partial charge in [-0.15, -0.1) is 0 Å². The Labute approximate surface area is 194 Å². The van der Waals surface area contributed by atoms with Gasteiger partial charge in [0.1, 0.15) is 5.82 Å². The third-order valence-electron chi connectivity index (χ3n) is 7.17. The summed E-state index contributed by atoms with van der Waals surface area (Å²) < 4.78 is 41.3. The lowest BCUT2D eigenvalue weighted by molar-refractivity contribution is -0.137. The summed E-state index contributed by atoms with van der Waals surface area (Å²) in [5.41, 5.74) is 3.89. The highest BCUT2D eigenvalue weighted by atomic mass is 19.4. The van der Waals surface area contributed by atoms with Gasteiger partial charge in [-0.25, -0.2) is 4.98 Å². The number of hydrogen-bond donors (Lipinski definition) is 1. The molecular weight excluding hydrogens is 445 g/mol. The molecule has 1 saturated heterocycles. The smallest absolute Gasteiger partial charge is 0.354 e. The van der Waals surface area contributed by atoms with Crippen molar-refractivity contribution in [2.24, 2.45) is 5.92 Å². The lowest BCUT2D eigenvalue weighted by atomic mass is 9.93. The van der Waals surface area contributed by atoms with Gasteiger partial charge in [0.2, 0.25) is 5.91 Å². The molecular formula is C24H25F3N6O. The number of nitrogens with one attached hydrogen (secondary N) is 1. The number of benzene rings is 1. The Hall–Kier alpha value is -3.14. The van der Waals surface area contributed by atoms with E-state index < -0.39 is 11.7 Å². The fourth-order valence-corrected chi connectivity index (χ4v) is 5.33. The Morgan fingerprint density at radius 1 is 1.06 bits per heavy atom. The van der Waals surface area contributed by atoms with Gasteiger partial charge < -0.3 is 15.1 Å². The minimum absolute atomic E-state index is 0.0119. The largest absolute Gasteiger partial charge is 0.416 e. The summed E-state index contributed by atoms with van der Waals surface area (Å²) in [6.07, 6.45) is -0.354. The lowest BCUT2D eigenvalue weighted by Crippen LogP contribution is -2.56. The third-order valence-corrected chi connectivity index (χ3v) is 7.17. The highest BCUT2D eigenvalue weighted by Gasteiger charge is 2.39. The van der Waals surface area contributed by atoms with Crippen molar-refractivity contribution in [1.82, 2.24) is 24.8 Å². The van der Waals surface area contributed by atoms with Gasteiger partial charge in [0.05, 0.1) is 23.4 Å². The van der Waals surface area contributed by atoms with Gasteiger partial charge in [-0.05, 0) is 42.6 Å². The van der Waals surface area contributed by atoms with Crippen molar-refractivity contribution in [3.8, 4) is 0 Å². The van der Waals surface area contributed by atoms with Crippen LogP contribution in [0.1, 0.15) is 27.9 Å². The average molecular weight is 470 g/mol. The number of anilines is 1. The van der Waals surface area contributed by atoms with Gasteiger partial charge >= 0.3 is 6.18 Å². The van der Waals surface area contributed by atoms with E-state index in [1.165, 1.54) is 11.6 Å². The van der Waals surface area contributed by atoms with Crippen LogP contribution in [0.4, 0.5) is 19.0 Å². The molecule has 1 amide bonds. The molecule has 3 aromatic rings. The van der Waals surface area contributed by atoms with Crippen LogP contribution >= 0.6 is 0 Å². The highest BCUT2D eigenvalue weighted by Crippen LogP contribution is 2.34. The molecule has 0 aliphatic carbocycles. The molecule has 178 valence electrons. The van der Waals surface area contributed by atoms with Gasteiger partial charge in [-0.2, -0.15) is 22.8 Å². The van der Waals surface area contributed by atoms with E-state index in [1.807, 2.05) is 10.6 Å². The van der Waals surface area contributed by atoms with E-state index in [0.717, 1.165) is 54.7 Å². The SMILES string of the molecule is O=C(C1CN(c2c3c(nc4ccnn24)CCNCC3)C1)N1CCc2ccc(C(F)(F)F)cc2C1. The standard InChI is InChI=1S/C24H25F3N6O/c25-24(26,27)18-2-1-15-6-10-31(12-16(15)11-18)23(34)17-13-32(14-17)22-19-3-7-28-8-4-20(19)30-21-5-9-29-33(21)22/h1-2,5,9,11,17,28H,3-4,6-8,10,12-14H2. The highest BCUT2D eigenvalue weighted by molar-refractivity contribution is 5.82. The quantitative estimate of drug-likeness (QED) is 0.624. The molecule has 0 radical (unpaired) electrons. The molecule has 3 aliphatic heterocycles. The van der Waals surface area contributed by atoms with Crippen LogP contribution in [0.5, 0.6) is 0 Å². The second-order valence-corrected chi connectivity index (χ2v) is 9.30. The van der Waals surface area contributed by atoms with Crippen molar-refractivity contribution in [3.05, 3.63) is 58.4 Å². The maximum Gasteiger partial charge on any atom is 0.416 e. The van der Waals surface area contributed by atoms with Gasteiger partial charge in [0, 0.05) is 50.8 Å². The summed E-state index contributed by atoms with van der Waals surface area (Å²) in [4.78, 5) is 21.9. The second kappa shape index (κ2) is 7.97. The number of halogens is 3. The minimum Gasteiger partial charge on any atom is -0.354 e. The van der Waals surface area contributed by atoms with Crippen LogP contribution in [0.3, 0.4) is 0 Å². The zero-order chi connectivity index (χ0) is 23.4. The molecule has 1 aromatic carbocycles. The van der Waals surface area contributed by atoms with E-state index in [2.05, 4.69) is 15.3 Å². The van der Waals surface area contributed by atoms with Gasteiger partial charge in [0.15, 0.2) is 5.65 Å². The minimum atomic E-state index is -4.38. The molecule has 1 fully saturated rings. The normalized spacial score (nSPS) is 18.9. The molecule has 6 rings (SSSR count). The van der Waals surface area contributed by atoms with Crippen molar-refractivity contribution in [3.63, 3.8) is 0 Å². The van der Waals surface area contributed by atoms with E-state index in [0.29, 0.717) is 31.6 Å². The molecule has 0 spiro atoms. The average Bonchev–Trinajstić information content (AvgIpc) is 3.13. The molecule has 1 N–H and O–H groups in total. The number of fused-ring (bicyclic) bond motifs is 3. The van der Waals surface area contributed by atoms with Gasteiger partial charge in [0.25, 0.3) is 0 Å². The molecule has 34 heavy (non-hydrogen) atoms. The lowest BCUT2D eigenvalue weighted by Gasteiger charge is -2.43. The van der Waals surface area contributed by atoms with Crippen molar-refractivity contribution in [2.75, 3.05) is 37.6 Å². The van der Waals surface area contributed by atoms with Crippen molar-refractivity contribution in [1.29, 1.82) is 0 Å². The molecule has 7 nitrogen and oxygen atoms in total. The number of alkyl halides is 3. The first-order valence-electron chi connectivity index (χ1n) is 11.7. The van der Waals surface area contributed by atoms with E-state index in [9.17, 15) is 18.0 Å². The zero-order valence-electron chi connectivity index (χ0n) is 18.6. The number of hydrogen-bond acceptors (Lipinski definition) is 5. The van der Waals surface area contributed by atoms with E-state index >= 15 is 0 Å². The molecule has 0 saturated carbocycles. The maximum atomic E-state index is 13.2. The summed E-state index contributed by atoms with van der Waals surface area (Å²) in [7, 11) is 0. The van der Waals surface area contributed by atoms with Crippen LogP contribution in [-0.4, -0.2) is 58.1 Å². The summed E-state index contributed by atoms with van der Waals surface area (Å²) in [6.45, 7) is 3.67. The number of amides is 1. The van der Waals surface area contributed by atoms with E-state index in [-0.39, 0.29) is 18.4 Å². The summed E-state index contributed by atoms with van der Waals surface area (Å²) in [6, 6.07) is 5.76. The Kier molecular flexibility index (Phi) is 5.02. The van der Waals surface area contributed by atoms with Crippen molar-refractivity contribution in [2.45, 2.75) is 32.0 Å². The first kappa shape index (κ1) is 21.4. The Bertz CT molecular complexity index is 1260. The second-order valence-electron chi connectivity index (χ2n) is 9.30. The van der Waals surface area contributed by atoms with Crippen LogP contribution in [0.25, 0.3) is 5.65 Å². The molecule has 0 unspecified atom stereocenters. The molecule has 0 atom stereocenters. The number of aromatic nitrogens is 3. The van der Waals surface area contributed by atoms with E-state index in [4.69, 9.17) is 4.98 Å². The predicted molar refractivity (Wildman–Crippen MR) is 120 cm³/mol. The topological polar surface area (TPSA) is 65.8 Å². The molecule has 10 heteroatoms. The van der Waals surface area contributed by atoms with Crippen LogP contribution in [0.2, 0.25) is 0 Å². The molecule has 0 bridgehead atoms. The number of carbonyl (C=O) groups is 1. The summed E-state index contributed by atoms with van der Waals surface area (Å²) in [5, 5.41) is 7.89. The van der Waals surface area contributed by atoms with Crippen LogP contribution < -0.4 is 10.2 Å². The zero-order valence-corrected chi connectivity index (χ0v) is 18.6. The summed E-state index contributed by atoms with van der Waals surface area (Å²) >= 11 is 0. The summed E-state index contributed by atoms with van der Waals surface area (Å²) in [5.74, 6) is 0.847. The van der Waals surface area contributed by atoms with Gasteiger partial charge in [-0.1, -0.05) is 6.07 Å². The number of carbonyl (C=O) groups excluding carboxylic acids is 1. The Balaban J connectivity index is 1.20. The van der Waals surface area contributed by atoms with Crippen LogP contribution in [-0.2, 0) is 36.8 Å². The maximum absolute atomic E-state index is 13.2. The Morgan fingerprint density at radius 2 is 1.88 bits per heavy atom. The molecule has 3 aliphatic rings. The fraction of sp³-hybridized carbons (Fsp3) is 0.458. The predicted octanol–water partition coefficient (Wildman–Crippen LogP) is 2.46. The number of rotatable bonds is 2. The van der Waals surface area contributed by atoms with Crippen LogP contribution in [0.15, 0.2) is 30.5 Å².